The van der Waals surface area contributed by atoms with E-state index < -0.39 is 17.1 Å². The lowest BCUT2D eigenvalue weighted by Crippen LogP contribution is -2.02. The van der Waals surface area contributed by atoms with E-state index in [9.17, 15) is 37.5 Å². The van der Waals surface area contributed by atoms with Gasteiger partial charge in [0, 0.05) is 29.8 Å². The third kappa shape index (κ3) is 7.19. The number of non-ortho nitro benzene ring substituents is 2. The van der Waals surface area contributed by atoms with Crippen molar-refractivity contribution in [3.05, 3.63) is 111 Å². The molecule has 0 amide bonds. The molecule has 0 aliphatic heterocycles. The van der Waals surface area contributed by atoms with Crippen LogP contribution >= 0.6 is 0 Å². The lowest BCUT2D eigenvalue weighted by atomic mass is 10.0. The number of hydrogen-bond acceptors (Lipinski definition) is 4. The van der Waals surface area contributed by atoms with Crippen molar-refractivity contribution in [1.82, 2.24) is 0 Å². The van der Waals surface area contributed by atoms with Crippen LogP contribution in [-0.4, -0.2) is 17.1 Å². The van der Waals surface area contributed by atoms with Gasteiger partial charge in [-0.15, -0.1) is 0 Å². The molecule has 0 unspecified atom stereocenters. The van der Waals surface area contributed by atoms with Crippen LogP contribution in [0.1, 0.15) is 0 Å². The summed E-state index contributed by atoms with van der Waals surface area (Å²) in [6.07, 6.45) is 0. The van der Waals surface area contributed by atoms with Crippen molar-refractivity contribution in [3.63, 3.8) is 0 Å². The molecule has 35 heavy (non-hydrogen) atoms. The molecule has 4 aromatic rings. The second-order valence-electron chi connectivity index (χ2n) is 7.05. The van der Waals surface area contributed by atoms with Crippen molar-refractivity contribution in [3.8, 4) is 33.8 Å². The molecule has 0 N–H and O–H groups in total. The molecule has 0 saturated carbocycles. The Labute approximate surface area is 195 Å². The first-order valence-corrected chi connectivity index (χ1v) is 9.92. The molecule has 1 aromatic heterocycles. The Hall–Kier alpha value is -4.61. The predicted molar refractivity (Wildman–Crippen MR) is 123 cm³/mol. The first-order chi connectivity index (χ1) is 16.5. The topological polar surface area (TPSA) is 97.6 Å². The summed E-state index contributed by atoms with van der Waals surface area (Å²) >= 11 is 0. The zero-order valence-corrected chi connectivity index (χ0v) is 17.7. The summed E-state index contributed by atoms with van der Waals surface area (Å²) in [7, 11) is -6.00. The van der Waals surface area contributed by atoms with Crippen molar-refractivity contribution >= 4 is 18.6 Å². The number of nitro groups is 2. The normalized spacial score (nSPS) is 10.7. The smallest absolute Gasteiger partial charge is 0.418 e. The van der Waals surface area contributed by atoms with Gasteiger partial charge in [0.1, 0.15) is 0 Å². The highest BCUT2D eigenvalue weighted by Gasteiger charge is 2.23. The molecule has 0 radical (unpaired) electrons. The Balaban J connectivity index is 0.000000623. The first-order valence-electron chi connectivity index (χ1n) is 9.92. The highest BCUT2D eigenvalue weighted by molar-refractivity contribution is 6.50. The average Bonchev–Trinajstić information content (AvgIpc) is 2.83. The van der Waals surface area contributed by atoms with Gasteiger partial charge in [-0.25, -0.2) is 4.42 Å². The minimum absolute atomic E-state index is 0.0512. The van der Waals surface area contributed by atoms with Crippen LogP contribution in [0.15, 0.2) is 95.4 Å². The molecule has 12 heteroatoms. The van der Waals surface area contributed by atoms with Crippen LogP contribution in [0.25, 0.3) is 33.8 Å². The van der Waals surface area contributed by atoms with E-state index in [1.54, 1.807) is 36.4 Å². The number of benzene rings is 3. The van der Waals surface area contributed by atoms with E-state index in [0.717, 1.165) is 11.1 Å². The summed E-state index contributed by atoms with van der Waals surface area (Å²) in [5.74, 6) is 0.836. The Bertz CT molecular complexity index is 1290. The van der Waals surface area contributed by atoms with Gasteiger partial charge in [-0.05, 0) is 17.7 Å². The molecule has 0 atom stereocenters. The summed E-state index contributed by atoms with van der Waals surface area (Å²) in [4.78, 5) is 21.4. The van der Waals surface area contributed by atoms with E-state index in [0.29, 0.717) is 22.6 Å². The van der Waals surface area contributed by atoms with Crippen molar-refractivity contribution in [2.24, 2.45) is 0 Å². The van der Waals surface area contributed by atoms with Crippen LogP contribution in [-0.2, 0) is 0 Å². The highest BCUT2D eigenvalue weighted by Crippen LogP contribution is 2.34. The van der Waals surface area contributed by atoms with Gasteiger partial charge in [-0.2, -0.15) is 0 Å². The van der Waals surface area contributed by atoms with E-state index >= 15 is 0 Å². The van der Waals surface area contributed by atoms with Crippen LogP contribution in [0.5, 0.6) is 0 Å². The number of hydrogen-bond donors (Lipinski definition) is 0. The third-order valence-corrected chi connectivity index (χ3v) is 4.58. The summed E-state index contributed by atoms with van der Waals surface area (Å²) in [5.41, 5.74) is 2.72. The fourth-order valence-corrected chi connectivity index (χ4v) is 3.13. The van der Waals surface area contributed by atoms with Crippen LogP contribution in [0.4, 0.5) is 28.6 Å². The molecule has 0 spiro atoms. The Morgan fingerprint density at radius 1 is 0.571 bits per heavy atom. The van der Waals surface area contributed by atoms with E-state index in [4.69, 9.17) is 4.42 Å². The van der Waals surface area contributed by atoms with Crippen molar-refractivity contribution in [2.75, 3.05) is 0 Å². The molecule has 7 nitrogen and oxygen atoms in total. The van der Waals surface area contributed by atoms with E-state index in [-0.39, 0.29) is 11.4 Å². The maximum atomic E-state index is 11.2. The summed E-state index contributed by atoms with van der Waals surface area (Å²) in [5, 5.41) is 22.3. The van der Waals surface area contributed by atoms with Crippen molar-refractivity contribution in [2.45, 2.75) is 0 Å². The van der Waals surface area contributed by atoms with Gasteiger partial charge >= 0.3 is 18.8 Å². The maximum absolute atomic E-state index is 11.2. The summed E-state index contributed by atoms with van der Waals surface area (Å²) in [6, 6.07) is 25.5. The molecule has 4 rings (SSSR count). The van der Waals surface area contributed by atoms with Crippen molar-refractivity contribution < 1.29 is 31.5 Å². The van der Waals surface area contributed by atoms with E-state index in [2.05, 4.69) is 0 Å². The summed E-state index contributed by atoms with van der Waals surface area (Å²) < 4.78 is 45.0. The largest absolute Gasteiger partial charge is 0.673 e. The fraction of sp³-hybridized carbons (Fsp3) is 0. The van der Waals surface area contributed by atoms with Gasteiger partial charge < -0.3 is 17.3 Å². The van der Waals surface area contributed by atoms with Gasteiger partial charge in [0.05, 0.1) is 33.1 Å². The average molecular weight is 486 g/mol. The summed E-state index contributed by atoms with van der Waals surface area (Å²) in [6.45, 7) is 0. The highest BCUT2D eigenvalue weighted by atomic mass is 19.5. The van der Waals surface area contributed by atoms with E-state index in [1.165, 1.54) is 24.3 Å². The van der Waals surface area contributed by atoms with Gasteiger partial charge in [-0.3, -0.25) is 20.2 Å². The number of nitrogens with zero attached hydrogens (tertiary/aromatic N) is 2. The minimum Gasteiger partial charge on any atom is -0.418 e. The lowest BCUT2D eigenvalue weighted by Gasteiger charge is -2.02. The minimum atomic E-state index is -6.00. The van der Waals surface area contributed by atoms with E-state index in [1.807, 2.05) is 30.3 Å². The molecule has 0 saturated heterocycles. The van der Waals surface area contributed by atoms with Crippen LogP contribution < -0.4 is 0 Å². The van der Waals surface area contributed by atoms with Gasteiger partial charge in [-0.1, -0.05) is 42.5 Å². The second kappa shape index (κ2) is 10.6. The number of rotatable bonds is 5. The monoisotopic (exact) mass is 486 g/mol. The van der Waals surface area contributed by atoms with Gasteiger partial charge in [0.2, 0.25) is 0 Å². The molecule has 0 aliphatic rings. The second-order valence-corrected chi connectivity index (χ2v) is 7.05. The molecule has 1 heterocycles. The third-order valence-electron chi connectivity index (χ3n) is 4.58. The molecular weight excluding hydrogens is 471 g/mol. The quantitative estimate of drug-likeness (QED) is 0.0948. The van der Waals surface area contributed by atoms with Gasteiger partial charge in [0.15, 0.2) is 0 Å². The Kier molecular flexibility index (Phi) is 7.54. The fourth-order valence-electron chi connectivity index (χ4n) is 3.13. The molecular formula is C23H15BF4N2O5. The van der Waals surface area contributed by atoms with Crippen molar-refractivity contribution in [1.29, 1.82) is 0 Å². The zero-order chi connectivity index (χ0) is 25.6. The van der Waals surface area contributed by atoms with Gasteiger partial charge in [0.25, 0.3) is 11.4 Å². The van der Waals surface area contributed by atoms with Crippen LogP contribution in [0.2, 0.25) is 0 Å². The molecule has 178 valence electrons. The standard InChI is InChI=1S/C23H15N2O5.BF4/c26-24(27)20-10-4-8-17(12-20)22-14-19(16-6-2-1-3-7-16)15-23(30-22)18-9-5-11-21(13-18)25(28)29;2-1(3,4)5/h1-15H;/q+1;-1. The zero-order valence-electron chi connectivity index (χ0n) is 17.7. The molecule has 0 fully saturated rings. The predicted octanol–water partition coefficient (Wildman–Crippen LogP) is 7.68. The SMILES string of the molecule is F[B-](F)(F)F.O=[N+]([O-])c1cccc(-c2cc(-c3ccccc3)cc(-c3cccc([N+](=O)[O-])c3)[o+]2)c1. The number of halogens is 4. The van der Waals surface area contributed by atoms with Crippen LogP contribution in [0, 0.1) is 20.2 Å². The van der Waals surface area contributed by atoms with Crippen LogP contribution in [0.3, 0.4) is 0 Å². The molecule has 3 aromatic carbocycles. The Morgan fingerprint density at radius 3 is 1.37 bits per heavy atom. The number of nitro benzene ring substituents is 2. The molecule has 0 aliphatic carbocycles. The first kappa shape index (κ1) is 25.0. The lowest BCUT2D eigenvalue weighted by molar-refractivity contribution is -0.385. The Morgan fingerprint density at radius 2 is 0.971 bits per heavy atom. The molecule has 0 bridgehead atoms. The maximum Gasteiger partial charge on any atom is 0.673 e.